The van der Waals surface area contributed by atoms with Gasteiger partial charge in [-0.1, -0.05) is 23.7 Å². The van der Waals surface area contributed by atoms with Crippen molar-refractivity contribution >= 4 is 34.8 Å². The Morgan fingerprint density at radius 1 is 1.31 bits per heavy atom. The quantitative estimate of drug-likeness (QED) is 0.858. The summed E-state index contributed by atoms with van der Waals surface area (Å²) in [7, 11) is 1.53. The average Bonchev–Trinajstić information content (AvgIpc) is 2.64. The third-order valence-electron chi connectivity index (χ3n) is 3.94. The van der Waals surface area contributed by atoms with Crippen LogP contribution in [0.3, 0.4) is 0 Å². The number of anilines is 2. The first-order chi connectivity index (χ1) is 12.5. The Morgan fingerprint density at radius 2 is 2.08 bits per heavy atom. The van der Waals surface area contributed by atoms with E-state index in [4.69, 9.17) is 16.3 Å². The molecule has 26 heavy (non-hydrogen) atoms. The highest BCUT2D eigenvalue weighted by atomic mass is 35.5. The van der Waals surface area contributed by atoms with Gasteiger partial charge < -0.3 is 20.3 Å². The van der Waals surface area contributed by atoms with Gasteiger partial charge in [0, 0.05) is 12.7 Å². The van der Waals surface area contributed by atoms with E-state index in [2.05, 4.69) is 10.6 Å². The molecule has 0 saturated carbocycles. The molecule has 136 valence electrons. The molecule has 0 spiro atoms. The Morgan fingerprint density at radius 3 is 2.81 bits per heavy atom. The second-order valence-electron chi connectivity index (χ2n) is 5.75. The molecule has 8 heteroatoms. The third-order valence-corrected chi connectivity index (χ3v) is 4.23. The largest absolute Gasteiger partial charge is 0.477 e. The zero-order chi connectivity index (χ0) is 18.7. The Labute approximate surface area is 154 Å². The van der Waals surface area contributed by atoms with E-state index in [1.807, 2.05) is 12.1 Å². The molecule has 2 amide bonds. The molecule has 6 nitrogen and oxygen atoms in total. The molecule has 0 saturated heterocycles. The highest BCUT2D eigenvalue weighted by Gasteiger charge is 2.31. The number of likely N-dealkylation sites (N-methyl/N-ethyl adjacent to an activating group) is 1. The minimum atomic E-state index is -0.719. The molecular formula is C18H17ClFN3O3. The standard InChI is InChI=1S/C18H17ClFN3O3/c1-21-18(25)16-9-23(14-4-2-3-5-15(14)26-16)10-17(24)22-11-6-7-13(20)12(19)8-11/h2-8,16H,9-10H2,1H3,(H,21,25)(H,22,24)/t16-/m0/s1. The lowest BCUT2D eigenvalue weighted by Gasteiger charge is -2.34. The number of fused-ring (bicyclic) bond motifs is 1. The summed E-state index contributed by atoms with van der Waals surface area (Å²) in [6.07, 6.45) is -0.719. The van der Waals surface area contributed by atoms with Crippen molar-refractivity contribution in [2.24, 2.45) is 0 Å². The number of ether oxygens (including phenoxy) is 1. The number of hydrogen-bond donors (Lipinski definition) is 2. The van der Waals surface area contributed by atoms with Gasteiger partial charge in [0.15, 0.2) is 6.10 Å². The molecule has 0 bridgehead atoms. The normalized spacial score (nSPS) is 15.7. The smallest absolute Gasteiger partial charge is 0.262 e. The molecule has 1 heterocycles. The fraction of sp³-hybridized carbons (Fsp3) is 0.222. The summed E-state index contributed by atoms with van der Waals surface area (Å²) in [4.78, 5) is 26.1. The summed E-state index contributed by atoms with van der Waals surface area (Å²) in [6.45, 7) is 0.233. The summed E-state index contributed by atoms with van der Waals surface area (Å²) < 4.78 is 18.9. The van der Waals surface area contributed by atoms with Crippen molar-refractivity contribution in [1.82, 2.24) is 5.32 Å². The van der Waals surface area contributed by atoms with Crippen LogP contribution in [0.4, 0.5) is 15.8 Å². The fourth-order valence-electron chi connectivity index (χ4n) is 2.70. The Balaban J connectivity index is 1.75. The molecule has 0 unspecified atom stereocenters. The molecule has 1 aliphatic heterocycles. The Bertz CT molecular complexity index is 846. The second kappa shape index (κ2) is 7.61. The molecule has 1 atom stereocenters. The van der Waals surface area contributed by atoms with E-state index in [-0.39, 0.29) is 29.9 Å². The topological polar surface area (TPSA) is 70.7 Å². The van der Waals surface area contributed by atoms with Crippen LogP contribution in [-0.2, 0) is 9.59 Å². The van der Waals surface area contributed by atoms with Crippen molar-refractivity contribution in [2.45, 2.75) is 6.10 Å². The van der Waals surface area contributed by atoms with Crippen molar-refractivity contribution in [3.05, 3.63) is 53.3 Å². The highest BCUT2D eigenvalue weighted by molar-refractivity contribution is 6.31. The lowest BCUT2D eigenvalue weighted by atomic mass is 10.1. The minimum absolute atomic E-state index is 0.00284. The molecule has 0 radical (unpaired) electrons. The van der Waals surface area contributed by atoms with Crippen LogP contribution in [0.1, 0.15) is 0 Å². The van der Waals surface area contributed by atoms with E-state index in [9.17, 15) is 14.0 Å². The number of hydrogen-bond acceptors (Lipinski definition) is 4. The van der Waals surface area contributed by atoms with Gasteiger partial charge in [0.25, 0.3) is 5.91 Å². The highest BCUT2D eigenvalue weighted by Crippen LogP contribution is 2.33. The summed E-state index contributed by atoms with van der Waals surface area (Å²) in [5.41, 5.74) is 1.12. The van der Waals surface area contributed by atoms with E-state index in [0.717, 1.165) is 5.69 Å². The van der Waals surface area contributed by atoms with Gasteiger partial charge in [-0.3, -0.25) is 9.59 Å². The van der Waals surface area contributed by atoms with Gasteiger partial charge in [-0.05, 0) is 30.3 Å². The molecule has 0 aromatic heterocycles. The predicted octanol–water partition coefficient (Wildman–Crippen LogP) is 2.43. The summed E-state index contributed by atoms with van der Waals surface area (Å²) in [6, 6.07) is 11.1. The van der Waals surface area contributed by atoms with Crippen LogP contribution in [0.15, 0.2) is 42.5 Å². The molecule has 2 aromatic rings. The molecule has 3 rings (SSSR count). The van der Waals surface area contributed by atoms with Crippen molar-refractivity contribution in [3.8, 4) is 5.75 Å². The van der Waals surface area contributed by atoms with Gasteiger partial charge in [-0.2, -0.15) is 0 Å². The molecule has 2 N–H and O–H groups in total. The average molecular weight is 378 g/mol. The number of carbonyl (C=O) groups is 2. The number of nitrogens with one attached hydrogen (secondary N) is 2. The zero-order valence-electron chi connectivity index (χ0n) is 14.0. The van der Waals surface area contributed by atoms with E-state index < -0.39 is 11.9 Å². The number of para-hydroxylation sites is 2. The molecular weight excluding hydrogens is 361 g/mol. The summed E-state index contributed by atoms with van der Waals surface area (Å²) in [5.74, 6) is -0.611. The maximum absolute atomic E-state index is 13.2. The van der Waals surface area contributed by atoms with Gasteiger partial charge in [0.2, 0.25) is 5.91 Å². The van der Waals surface area contributed by atoms with Gasteiger partial charge in [-0.25, -0.2) is 4.39 Å². The number of benzene rings is 2. The number of halogens is 2. The van der Waals surface area contributed by atoms with Crippen LogP contribution < -0.4 is 20.3 Å². The van der Waals surface area contributed by atoms with Crippen molar-refractivity contribution < 1.29 is 18.7 Å². The van der Waals surface area contributed by atoms with Gasteiger partial charge in [0.1, 0.15) is 11.6 Å². The maximum Gasteiger partial charge on any atom is 0.262 e. The zero-order valence-corrected chi connectivity index (χ0v) is 14.7. The van der Waals surface area contributed by atoms with E-state index in [1.54, 1.807) is 17.0 Å². The van der Waals surface area contributed by atoms with Crippen molar-refractivity contribution in [2.75, 3.05) is 30.4 Å². The first-order valence-corrected chi connectivity index (χ1v) is 8.33. The number of nitrogens with zero attached hydrogens (tertiary/aromatic N) is 1. The van der Waals surface area contributed by atoms with E-state index in [0.29, 0.717) is 11.4 Å². The Hall–Kier alpha value is -2.80. The molecule has 0 fully saturated rings. The molecule has 1 aliphatic rings. The summed E-state index contributed by atoms with van der Waals surface area (Å²) >= 11 is 5.73. The van der Waals surface area contributed by atoms with Crippen LogP contribution in [0.25, 0.3) is 0 Å². The van der Waals surface area contributed by atoms with Crippen LogP contribution in [0, 0.1) is 5.82 Å². The van der Waals surface area contributed by atoms with Crippen LogP contribution >= 0.6 is 11.6 Å². The van der Waals surface area contributed by atoms with Crippen LogP contribution in [0.5, 0.6) is 5.75 Å². The lowest BCUT2D eigenvalue weighted by molar-refractivity contribution is -0.127. The maximum atomic E-state index is 13.2. The first kappa shape index (κ1) is 18.0. The minimum Gasteiger partial charge on any atom is -0.477 e. The van der Waals surface area contributed by atoms with Crippen LogP contribution in [-0.4, -0.2) is 38.1 Å². The second-order valence-corrected chi connectivity index (χ2v) is 6.15. The number of amides is 2. The van der Waals surface area contributed by atoms with Gasteiger partial charge in [0.05, 0.1) is 23.8 Å². The van der Waals surface area contributed by atoms with Crippen molar-refractivity contribution in [1.29, 1.82) is 0 Å². The summed E-state index contributed by atoms with van der Waals surface area (Å²) in [5, 5.41) is 5.15. The van der Waals surface area contributed by atoms with Gasteiger partial charge >= 0.3 is 0 Å². The fourth-order valence-corrected chi connectivity index (χ4v) is 2.88. The van der Waals surface area contributed by atoms with Gasteiger partial charge in [-0.15, -0.1) is 0 Å². The van der Waals surface area contributed by atoms with E-state index in [1.165, 1.54) is 25.2 Å². The van der Waals surface area contributed by atoms with E-state index >= 15 is 0 Å². The van der Waals surface area contributed by atoms with Crippen LogP contribution in [0.2, 0.25) is 5.02 Å². The predicted molar refractivity (Wildman–Crippen MR) is 97.2 cm³/mol. The Kier molecular flexibility index (Phi) is 5.27. The van der Waals surface area contributed by atoms with Crippen molar-refractivity contribution in [3.63, 3.8) is 0 Å². The molecule has 0 aliphatic carbocycles. The number of rotatable bonds is 4. The number of carbonyl (C=O) groups excluding carboxylic acids is 2. The monoisotopic (exact) mass is 377 g/mol. The lowest BCUT2D eigenvalue weighted by Crippen LogP contribution is -2.50. The SMILES string of the molecule is CNC(=O)[C@@H]1CN(CC(=O)Nc2ccc(F)c(Cl)c2)c2ccccc2O1. The molecule has 2 aromatic carbocycles. The first-order valence-electron chi connectivity index (χ1n) is 7.95. The third kappa shape index (κ3) is 3.88.